The normalized spacial score (nSPS) is 9.00. The molecule has 2 heterocycles. The van der Waals surface area contributed by atoms with E-state index >= 15 is 0 Å². The second-order valence-corrected chi connectivity index (χ2v) is 2.10. The van der Waals surface area contributed by atoms with Gasteiger partial charge < -0.3 is 15.5 Å². The van der Waals surface area contributed by atoms with Crippen LogP contribution in [0.3, 0.4) is 0 Å². The highest BCUT2D eigenvalue weighted by Gasteiger charge is 1.99. The maximum absolute atomic E-state index is 8.81. The Kier molecular flexibility index (Phi) is 2.91. The Bertz CT molecular complexity index is 396. The number of carbonyl (C=O) groups excluding carboxylic acids is 1. The van der Waals surface area contributed by atoms with Crippen LogP contribution in [0.2, 0.25) is 0 Å². The largest absolute Gasteiger partial charge is 0.382 e. The average molecular weight is 179 g/mol. The van der Waals surface area contributed by atoms with E-state index in [-0.39, 0.29) is 0 Å². The number of aromatic nitrogens is 4. The first-order valence-electron chi connectivity index (χ1n) is 3.59. The number of hydrogen-bond donors (Lipinski definition) is 2. The number of nitrogen functional groups attached to an aromatic ring is 1. The minimum atomic E-state index is 0.433. The molecule has 0 aliphatic rings. The van der Waals surface area contributed by atoms with Crippen molar-refractivity contribution in [1.82, 2.24) is 19.9 Å². The second-order valence-electron chi connectivity index (χ2n) is 2.10. The highest BCUT2D eigenvalue weighted by Crippen LogP contribution is 2.09. The minimum absolute atomic E-state index is 0.433. The lowest BCUT2D eigenvalue weighted by molar-refractivity contribution is -0.106. The van der Waals surface area contributed by atoms with E-state index in [1.54, 1.807) is 0 Å². The molecular weight excluding hydrogens is 170 g/mol. The number of carbonyl (C=O) groups is 1. The van der Waals surface area contributed by atoms with Gasteiger partial charge in [0.1, 0.15) is 18.1 Å². The third-order valence-corrected chi connectivity index (χ3v) is 1.25. The Labute approximate surface area is 74.2 Å². The summed E-state index contributed by atoms with van der Waals surface area (Å²) < 4.78 is 0. The first kappa shape index (κ1) is 9.11. The number of aldehydes is 1. The second kappa shape index (κ2) is 4.15. The van der Waals surface area contributed by atoms with E-state index in [0.29, 0.717) is 17.0 Å². The van der Waals surface area contributed by atoms with Crippen molar-refractivity contribution < 1.29 is 4.79 Å². The molecule has 13 heavy (non-hydrogen) atoms. The lowest BCUT2D eigenvalue weighted by Crippen LogP contribution is -1.91. The van der Waals surface area contributed by atoms with Gasteiger partial charge in [0.2, 0.25) is 0 Å². The zero-order valence-electron chi connectivity index (χ0n) is 7.06. The van der Waals surface area contributed by atoms with E-state index in [1.807, 2.05) is 0 Å². The predicted molar refractivity (Wildman–Crippen MR) is 47.8 cm³/mol. The number of fused-ring (bicyclic) bond motifs is 1. The lowest BCUT2D eigenvalue weighted by Gasteiger charge is -1.89. The lowest BCUT2D eigenvalue weighted by atomic mass is 10.5. The van der Waals surface area contributed by atoms with E-state index < -0.39 is 0 Å². The standard InChI is InChI=1S/C5H5N5.C2H4O/c6-4-3-5(9-1-7-3)10-2-8-4;1-2-3/h1-2H,(H3,6,7,8,9,10);2H,1H3. The van der Waals surface area contributed by atoms with E-state index in [1.165, 1.54) is 19.6 Å². The summed E-state index contributed by atoms with van der Waals surface area (Å²) in [5, 5.41) is 0. The summed E-state index contributed by atoms with van der Waals surface area (Å²) in [7, 11) is 0. The van der Waals surface area contributed by atoms with Crippen LogP contribution in [-0.4, -0.2) is 26.2 Å². The molecule has 0 spiro atoms. The first-order valence-corrected chi connectivity index (χ1v) is 3.59. The molecule has 0 aromatic carbocycles. The summed E-state index contributed by atoms with van der Waals surface area (Å²) in [6, 6.07) is 0. The minimum Gasteiger partial charge on any atom is -0.382 e. The molecule has 0 unspecified atom stereocenters. The van der Waals surface area contributed by atoms with Crippen molar-refractivity contribution in [3.8, 4) is 0 Å². The molecule has 6 heteroatoms. The first-order chi connectivity index (χ1) is 6.29. The molecule has 0 fully saturated rings. The Morgan fingerprint density at radius 1 is 1.46 bits per heavy atom. The molecule has 2 rings (SSSR count). The van der Waals surface area contributed by atoms with Gasteiger partial charge in [-0.25, -0.2) is 15.0 Å². The van der Waals surface area contributed by atoms with Crippen LogP contribution in [0.25, 0.3) is 11.2 Å². The third kappa shape index (κ3) is 1.98. The van der Waals surface area contributed by atoms with Crippen LogP contribution in [-0.2, 0) is 4.79 Å². The van der Waals surface area contributed by atoms with Gasteiger partial charge in [-0.05, 0) is 6.92 Å². The van der Waals surface area contributed by atoms with Crippen molar-refractivity contribution in [2.45, 2.75) is 6.92 Å². The van der Waals surface area contributed by atoms with Crippen LogP contribution in [0.15, 0.2) is 12.7 Å². The summed E-state index contributed by atoms with van der Waals surface area (Å²) in [4.78, 5) is 23.2. The van der Waals surface area contributed by atoms with Crippen molar-refractivity contribution in [3.63, 3.8) is 0 Å². The molecule has 0 radical (unpaired) electrons. The molecule has 6 nitrogen and oxygen atoms in total. The quantitative estimate of drug-likeness (QED) is 0.560. The van der Waals surface area contributed by atoms with Crippen LogP contribution in [0.1, 0.15) is 6.92 Å². The Hall–Kier alpha value is -1.98. The van der Waals surface area contributed by atoms with Crippen LogP contribution < -0.4 is 5.73 Å². The molecule has 68 valence electrons. The number of nitrogens with two attached hydrogens (primary N) is 1. The molecule has 0 saturated carbocycles. The maximum Gasteiger partial charge on any atom is 0.182 e. The fourth-order valence-electron chi connectivity index (χ4n) is 0.784. The van der Waals surface area contributed by atoms with E-state index in [0.717, 1.165) is 6.29 Å². The van der Waals surface area contributed by atoms with Crippen LogP contribution in [0, 0.1) is 0 Å². The van der Waals surface area contributed by atoms with Gasteiger partial charge in [0.15, 0.2) is 11.5 Å². The van der Waals surface area contributed by atoms with Gasteiger partial charge in [0.25, 0.3) is 0 Å². The van der Waals surface area contributed by atoms with Crippen LogP contribution >= 0.6 is 0 Å². The Morgan fingerprint density at radius 3 is 2.77 bits per heavy atom. The number of rotatable bonds is 0. The number of anilines is 1. The number of aromatic amines is 1. The molecule has 0 amide bonds. The van der Waals surface area contributed by atoms with Gasteiger partial charge in [0.05, 0.1) is 6.33 Å². The van der Waals surface area contributed by atoms with Gasteiger partial charge in [0, 0.05) is 0 Å². The number of nitrogens with one attached hydrogen (secondary N) is 1. The van der Waals surface area contributed by atoms with E-state index in [9.17, 15) is 0 Å². The topological polar surface area (TPSA) is 97.6 Å². The summed E-state index contributed by atoms with van der Waals surface area (Å²) in [6.45, 7) is 1.44. The zero-order valence-corrected chi connectivity index (χ0v) is 7.06. The smallest absolute Gasteiger partial charge is 0.182 e. The molecule has 0 aliphatic carbocycles. The predicted octanol–water partition coefficient (Wildman–Crippen LogP) is 0.140. The summed E-state index contributed by atoms with van der Waals surface area (Å²) in [5.41, 5.74) is 6.78. The Balaban J connectivity index is 0.000000251. The van der Waals surface area contributed by atoms with Crippen molar-refractivity contribution in [2.24, 2.45) is 0 Å². The molecule has 3 N–H and O–H groups in total. The van der Waals surface area contributed by atoms with Crippen molar-refractivity contribution in [2.75, 3.05) is 5.73 Å². The number of hydrogen-bond acceptors (Lipinski definition) is 5. The Morgan fingerprint density at radius 2 is 2.15 bits per heavy atom. The highest BCUT2D eigenvalue weighted by atomic mass is 16.1. The molecule has 0 aliphatic heterocycles. The zero-order chi connectivity index (χ0) is 9.68. The number of H-pyrrole nitrogens is 1. The summed E-state index contributed by atoms with van der Waals surface area (Å²) >= 11 is 0. The van der Waals surface area contributed by atoms with Crippen LogP contribution in [0.4, 0.5) is 5.82 Å². The average Bonchev–Trinajstić information content (AvgIpc) is 2.54. The van der Waals surface area contributed by atoms with Gasteiger partial charge in [-0.2, -0.15) is 0 Å². The highest BCUT2D eigenvalue weighted by molar-refractivity contribution is 5.80. The van der Waals surface area contributed by atoms with Gasteiger partial charge in [-0.1, -0.05) is 0 Å². The number of nitrogens with zero attached hydrogens (tertiary/aromatic N) is 3. The van der Waals surface area contributed by atoms with E-state index in [4.69, 9.17) is 10.5 Å². The fraction of sp³-hybridized carbons (Fsp3) is 0.143. The summed E-state index contributed by atoms with van der Waals surface area (Å²) in [5.74, 6) is 0.433. The fourth-order valence-corrected chi connectivity index (χ4v) is 0.784. The van der Waals surface area contributed by atoms with Crippen molar-refractivity contribution >= 4 is 23.3 Å². The van der Waals surface area contributed by atoms with Crippen molar-refractivity contribution in [1.29, 1.82) is 0 Å². The third-order valence-electron chi connectivity index (χ3n) is 1.25. The van der Waals surface area contributed by atoms with Gasteiger partial charge in [-0.15, -0.1) is 0 Å². The van der Waals surface area contributed by atoms with Crippen molar-refractivity contribution in [3.05, 3.63) is 12.7 Å². The SMILES string of the molecule is CC=O.Nc1ncnc2nc[nH]c12. The van der Waals surface area contributed by atoms with Crippen LogP contribution in [0.5, 0.6) is 0 Å². The monoisotopic (exact) mass is 179 g/mol. The molecule has 0 saturated heterocycles. The number of imidazole rings is 1. The van der Waals surface area contributed by atoms with Gasteiger partial charge >= 0.3 is 0 Å². The molecule has 0 bridgehead atoms. The van der Waals surface area contributed by atoms with E-state index in [2.05, 4.69) is 19.9 Å². The molecule has 2 aromatic rings. The molecule has 2 aromatic heterocycles. The molecular formula is C7H9N5O. The maximum atomic E-state index is 8.81. The summed E-state index contributed by atoms with van der Waals surface area (Å²) in [6.07, 6.45) is 3.67. The molecule has 0 atom stereocenters. The van der Waals surface area contributed by atoms with Gasteiger partial charge in [-0.3, -0.25) is 0 Å².